The lowest BCUT2D eigenvalue weighted by molar-refractivity contribution is 0.127. The third-order valence-electron chi connectivity index (χ3n) is 4.16. The summed E-state index contributed by atoms with van der Waals surface area (Å²) in [6, 6.07) is -2.04. The minimum atomic E-state index is -3.34. The van der Waals surface area contributed by atoms with E-state index in [0.717, 1.165) is 0 Å². The van der Waals surface area contributed by atoms with Crippen LogP contribution in [0.2, 0.25) is 0 Å². The molecule has 0 unspecified atom stereocenters. The predicted molar refractivity (Wildman–Crippen MR) is 121 cm³/mol. The largest absolute Gasteiger partial charge is 0.493 e. The molecule has 0 aromatic heterocycles. The second-order valence-electron chi connectivity index (χ2n) is 7.06. The highest BCUT2D eigenvalue weighted by Gasteiger charge is 2.27. The van der Waals surface area contributed by atoms with Gasteiger partial charge in [-0.15, -0.1) is 0 Å². The summed E-state index contributed by atoms with van der Waals surface area (Å²) in [6.07, 6.45) is -1.88. The van der Waals surface area contributed by atoms with Crippen LogP contribution in [0.5, 0.6) is 5.75 Å². The molecule has 1 saturated heterocycles. The minimum absolute atomic E-state index is 0.00796. The van der Waals surface area contributed by atoms with Crippen molar-refractivity contribution < 1.29 is 34.5 Å². The van der Waals surface area contributed by atoms with Crippen LogP contribution < -0.4 is 10.1 Å². The Hall–Kier alpha value is -2.60. The number of halogens is 1. The maximum absolute atomic E-state index is 14.3. The normalized spacial score (nSPS) is 26.8. The molecule has 2 amide bonds. The van der Waals surface area contributed by atoms with E-state index < -0.39 is 99.4 Å². The van der Waals surface area contributed by atoms with E-state index in [1.54, 1.807) is 13.8 Å². The van der Waals surface area contributed by atoms with Crippen LogP contribution in [-0.2, 0) is 13.0 Å². The van der Waals surface area contributed by atoms with Gasteiger partial charge < -0.3 is 19.9 Å². The molecule has 0 atom stereocenters. The van der Waals surface area contributed by atoms with Gasteiger partial charge in [0, 0.05) is 28.7 Å². The van der Waals surface area contributed by atoms with Gasteiger partial charge in [-0.3, -0.25) is 0 Å². The number of nitrogens with one attached hydrogen (secondary N) is 1. The van der Waals surface area contributed by atoms with Gasteiger partial charge in [0.1, 0.15) is 11.6 Å². The van der Waals surface area contributed by atoms with Crippen molar-refractivity contribution in [2.75, 3.05) is 26.5 Å². The average molecular weight is 443 g/mol. The van der Waals surface area contributed by atoms with E-state index in [9.17, 15) is 9.18 Å². The fraction of sp³-hybridized carbons (Fsp3) is 0.480. The minimum Gasteiger partial charge on any atom is -0.493 e. The highest BCUT2D eigenvalue weighted by Crippen LogP contribution is 2.19. The number of ether oxygens (including phenoxy) is 1. The molecule has 1 aliphatic heterocycles. The van der Waals surface area contributed by atoms with Crippen LogP contribution in [-0.4, -0.2) is 48.4 Å². The highest BCUT2D eigenvalue weighted by atomic mass is 19.1. The Morgan fingerprint density at radius 1 is 1.29 bits per heavy atom. The van der Waals surface area contributed by atoms with Gasteiger partial charge in [-0.1, -0.05) is 38.1 Å². The molecule has 1 fully saturated rings. The van der Waals surface area contributed by atoms with Gasteiger partial charge in [-0.05, 0) is 74.1 Å². The number of hydrogen-bond donors (Lipinski definition) is 1. The molecule has 3 rings (SSSR count). The molecule has 1 heterocycles. The first-order chi connectivity index (χ1) is 20.8. The van der Waals surface area contributed by atoms with Crippen molar-refractivity contribution in [2.45, 2.75) is 45.8 Å². The molecule has 0 spiro atoms. The molecule has 5 nitrogen and oxygen atoms in total. The topological polar surface area (TPSA) is 44.8 Å². The second kappa shape index (κ2) is 11.1. The van der Waals surface area contributed by atoms with E-state index in [4.69, 9.17) is 25.3 Å². The number of rotatable bonds is 8. The lowest BCUT2D eigenvalue weighted by atomic mass is 10.0. The van der Waals surface area contributed by atoms with Crippen LogP contribution in [0.3, 0.4) is 0 Å². The third kappa shape index (κ3) is 7.24. The van der Waals surface area contributed by atoms with Crippen molar-refractivity contribution in [3.8, 4) is 5.75 Å². The van der Waals surface area contributed by atoms with Gasteiger partial charge in [0.15, 0.2) is 0 Å². The zero-order chi connectivity index (χ0) is 35.4. The molecule has 1 aliphatic rings. The van der Waals surface area contributed by atoms with Crippen LogP contribution in [0.25, 0.3) is 0 Å². The molecular weight excluding hydrogens is 393 g/mol. The Bertz CT molecular complexity index is 1400. The van der Waals surface area contributed by atoms with Crippen molar-refractivity contribution >= 4 is 6.03 Å². The van der Waals surface area contributed by atoms with Crippen LogP contribution >= 0.6 is 0 Å². The summed E-state index contributed by atoms with van der Waals surface area (Å²) < 4.78 is 142. The summed E-state index contributed by atoms with van der Waals surface area (Å²) in [7, 11) is 0. The van der Waals surface area contributed by atoms with Crippen molar-refractivity contribution in [1.29, 1.82) is 0 Å². The molecule has 6 heteroatoms. The summed E-state index contributed by atoms with van der Waals surface area (Å²) in [5.41, 5.74) is -0.667. The van der Waals surface area contributed by atoms with Gasteiger partial charge >= 0.3 is 6.03 Å². The molecule has 0 radical (unpaired) electrons. The molecular formula is C25H34FN3O2. The number of amides is 2. The highest BCUT2D eigenvalue weighted by molar-refractivity contribution is 5.74. The Morgan fingerprint density at radius 3 is 2.58 bits per heavy atom. The molecule has 0 aliphatic carbocycles. The first kappa shape index (κ1) is 10.3. The van der Waals surface area contributed by atoms with Crippen LogP contribution in [0.1, 0.15) is 58.4 Å². The number of urea groups is 1. The van der Waals surface area contributed by atoms with Crippen molar-refractivity contribution in [1.82, 2.24) is 15.1 Å². The number of hydrogen-bond acceptors (Lipinski definition) is 3. The SMILES string of the molecule is [2H]c1c([2H])c(C([2H])([2H])N(C(=O)NCc2ccc(OC([2H])([2H])C(C)C)cc2)C2CC([2H])([2H])N(C([2H])([2H])[2H])C([2H])([2H])C2)c([2H])c([2H])c1F. The third-order valence-corrected chi connectivity index (χ3v) is 4.16. The molecule has 0 saturated carbocycles. The van der Waals surface area contributed by atoms with Crippen molar-refractivity contribution in [3.05, 3.63) is 65.4 Å². The number of likely N-dealkylation sites (tertiary alicyclic amines) is 1. The zero-order valence-electron chi connectivity index (χ0n) is 32.2. The fourth-order valence-electron chi connectivity index (χ4n) is 2.61. The number of piperidine rings is 1. The van der Waals surface area contributed by atoms with Gasteiger partial charge in [0.05, 0.1) is 17.5 Å². The molecule has 168 valence electrons. The second-order valence-corrected chi connectivity index (χ2v) is 7.06. The van der Waals surface area contributed by atoms with Crippen molar-refractivity contribution in [2.24, 2.45) is 5.92 Å². The van der Waals surface area contributed by atoms with Crippen LogP contribution in [0.15, 0.2) is 48.4 Å². The Balaban J connectivity index is 2.05. The van der Waals surface area contributed by atoms with Gasteiger partial charge in [-0.2, -0.15) is 0 Å². The zero-order valence-corrected chi connectivity index (χ0v) is 17.2. The number of carbonyl (C=O) groups excluding carboxylic acids is 1. The monoisotopic (exact) mass is 442 g/mol. The molecule has 0 bridgehead atoms. The quantitative estimate of drug-likeness (QED) is 0.646. The van der Waals surface area contributed by atoms with Gasteiger partial charge in [0.25, 0.3) is 0 Å². The Kier molecular flexibility index (Phi) is 3.72. The van der Waals surface area contributed by atoms with Gasteiger partial charge in [-0.25, -0.2) is 9.18 Å². The number of benzene rings is 2. The maximum Gasteiger partial charge on any atom is 0.318 e. The van der Waals surface area contributed by atoms with Gasteiger partial charge in [0.2, 0.25) is 0 Å². The summed E-state index contributed by atoms with van der Waals surface area (Å²) in [4.78, 5) is 14.1. The van der Waals surface area contributed by atoms with E-state index in [1.807, 2.05) is 0 Å². The standard InChI is InChI=1S/C25H34FN3O2/c1-19(2)18-31-24-10-6-20(7-11-24)16-27-25(30)29(23-12-14-28(3)15-13-23)17-21-4-8-22(26)9-5-21/h4-11,19,23H,12-18H2,1-3H3,(H,27,30)/i3D3,4D,5D,8D,9D,14D2,15D2,17D2,18D2. The van der Waals surface area contributed by atoms with E-state index in [-0.39, 0.29) is 17.2 Å². The molecule has 2 aromatic rings. The maximum atomic E-state index is 14.3. The predicted octanol–water partition coefficient (Wildman–Crippen LogP) is 4.67. The summed E-state index contributed by atoms with van der Waals surface area (Å²) >= 11 is 0. The Morgan fingerprint density at radius 2 is 1.97 bits per heavy atom. The molecule has 2 aromatic carbocycles. The van der Waals surface area contributed by atoms with E-state index in [0.29, 0.717) is 10.5 Å². The van der Waals surface area contributed by atoms with Crippen LogP contribution in [0, 0.1) is 11.7 Å². The summed E-state index contributed by atoms with van der Waals surface area (Å²) in [6.45, 7) is -11.6. The lowest BCUT2D eigenvalue weighted by Crippen LogP contribution is -2.49. The van der Waals surface area contributed by atoms with Crippen LogP contribution in [0.4, 0.5) is 9.18 Å². The van der Waals surface area contributed by atoms with E-state index in [1.165, 1.54) is 24.3 Å². The first-order valence-corrected chi connectivity index (χ1v) is 9.67. The summed E-state index contributed by atoms with van der Waals surface area (Å²) in [5.74, 6) is -1.86. The average Bonchev–Trinajstić information content (AvgIpc) is 2.87. The first-order valence-electron chi connectivity index (χ1n) is 17.2. The van der Waals surface area contributed by atoms with Crippen molar-refractivity contribution in [3.63, 3.8) is 0 Å². The lowest BCUT2D eigenvalue weighted by Gasteiger charge is -2.37. The number of carbonyl (C=O) groups is 1. The number of nitrogens with zero attached hydrogens (tertiary/aromatic N) is 2. The fourth-order valence-corrected chi connectivity index (χ4v) is 2.61. The smallest absolute Gasteiger partial charge is 0.318 e. The molecule has 1 N–H and O–H groups in total. The Labute approximate surface area is 206 Å². The van der Waals surface area contributed by atoms with E-state index in [2.05, 4.69) is 5.32 Å². The van der Waals surface area contributed by atoms with E-state index >= 15 is 0 Å². The summed E-state index contributed by atoms with van der Waals surface area (Å²) in [5, 5.41) is 2.41. The molecule has 31 heavy (non-hydrogen) atoms.